The normalized spacial score (nSPS) is 14.8. The zero-order valence-electron chi connectivity index (χ0n) is 17.4. The molecule has 0 saturated heterocycles. The van der Waals surface area contributed by atoms with Crippen molar-refractivity contribution < 1.29 is 23.5 Å². The Labute approximate surface area is 180 Å². The maximum absolute atomic E-state index is 12.5. The van der Waals surface area contributed by atoms with E-state index in [1.165, 1.54) is 6.26 Å². The quantitative estimate of drug-likeness (QED) is 0.625. The lowest BCUT2D eigenvalue weighted by Crippen LogP contribution is -2.35. The molecule has 0 aliphatic carbocycles. The molecule has 4 rings (SSSR count). The molecule has 0 saturated carbocycles. The van der Waals surface area contributed by atoms with E-state index in [0.29, 0.717) is 24.5 Å². The highest BCUT2D eigenvalue weighted by molar-refractivity contribution is 6.02. The van der Waals surface area contributed by atoms with Gasteiger partial charge in [0.1, 0.15) is 11.5 Å². The monoisotopic (exact) mass is 420 g/mol. The maximum atomic E-state index is 12.5. The average molecular weight is 420 g/mol. The molecule has 7 nitrogen and oxygen atoms in total. The van der Waals surface area contributed by atoms with Crippen molar-refractivity contribution in [1.82, 2.24) is 5.32 Å². The van der Waals surface area contributed by atoms with Crippen molar-refractivity contribution >= 4 is 17.5 Å². The second kappa shape index (κ2) is 8.95. The van der Waals surface area contributed by atoms with Crippen LogP contribution >= 0.6 is 0 Å². The first kappa shape index (κ1) is 20.5. The van der Waals surface area contributed by atoms with Crippen LogP contribution < -0.4 is 20.1 Å². The molecular formula is C24H24N2O5. The van der Waals surface area contributed by atoms with Crippen molar-refractivity contribution in [3.63, 3.8) is 0 Å². The van der Waals surface area contributed by atoms with Crippen molar-refractivity contribution in [3.05, 3.63) is 77.2 Å². The number of ether oxygens (including phenoxy) is 2. The number of rotatable bonds is 6. The predicted molar refractivity (Wildman–Crippen MR) is 116 cm³/mol. The number of fused-ring (bicyclic) bond motifs is 1. The van der Waals surface area contributed by atoms with Crippen molar-refractivity contribution in [2.24, 2.45) is 0 Å². The Bertz CT molecular complexity index is 1090. The van der Waals surface area contributed by atoms with E-state index in [2.05, 4.69) is 22.8 Å². The van der Waals surface area contributed by atoms with Crippen LogP contribution in [0.4, 0.5) is 5.69 Å². The third kappa shape index (κ3) is 4.88. The summed E-state index contributed by atoms with van der Waals surface area (Å²) < 4.78 is 16.5. The fraction of sp³-hybridized carbons (Fsp3) is 0.250. The van der Waals surface area contributed by atoms with Crippen molar-refractivity contribution in [2.45, 2.75) is 26.3 Å². The van der Waals surface area contributed by atoms with Crippen molar-refractivity contribution in [1.29, 1.82) is 0 Å². The molecule has 3 aromatic rings. The van der Waals surface area contributed by atoms with Gasteiger partial charge in [-0.15, -0.1) is 0 Å². The van der Waals surface area contributed by atoms with Crippen LogP contribution in [0, 0.1) is 13.8 Å². The van der Waals surface area contributed by atoms with E-state index in [-0.39, 0.29) is 30.2 Å². The number of hydrogen-bond donors (Lipinski definition) is 2. The highest BCUT2D eigenvalue weighted by Gasteiger charge is 2.24. The average Bonchev–Trinajstić information content (AvgIpc) is 3.28. The number of nitrogens with one attached hydrogen (secondary N) is 2. The largest absolute Gasteiger partial charge is 0.493 e. The minimum Gasteiger partial charge on any atom is -0.493 e. The highest BCUT2D eigenvalue weighted by Crippen LogP contribution is 2.35. The molecule has 0 bridgehead atoms. The molecule has 1 unspecified atom stereocenters. The first-order valence-corrected chi connectivity index (χ1v) is 10.1. The summed E-state index contributed by atoms with van der Waals surface area (Å²) >= 11 is 0. The van der Waals surface area contributed by atoms with Crippen LogP contribution in [0.1, 0.15) is 39.7 Å². The van der Waals surface area contributed by atoms with Gasteiger partial charge in [0.2, 0.25) is 0 Å². The number of hydrogen-bond acceptors (Lipinski definition) is 5. The molecule has 1 aliphatic heterocycles. The minimum absolute atomic E-state index is 0.114. The zero-order chi connectivity index (χ0) is 21.8. The smallest absolute Gasteiger partial charge is 0.291 e. The molecule has 31 heavy (non-hydrogen) atoms. The van der Waals surface area contributed by atoms with E-state index in [9.17, 15) is 9.59 Å². The molecule has 160 valence electrons. The molecule has 7 heteroatoms. The van der Waals surface area contributed by atoms with Gasteiger partial charge in [0.25, 0.3) is 11.8 Å². The number of benzene rings is 2. The first-order chi connectivity index (χ1) is 15.0. The fourth-order valence-electron chi connectivity index (χ4n) is 3.68. The van der Waals surface area contributed by atoms with Gasteiger partial charge in [-0.25, -0.2) is 0 Å². The van der Waals surface area contributed by atoms with E-state index in [1.54, 1.807) is 36.4 Å². The standard InChI is InChI=1S/C24H24N2O5/c1-15-11-16(2)23-19(12-15)20(8-10-30-23)26-22(27)14-31-18-6-3-5-17(13-18)25-24(28)21-7-4-9-29-21/h3-7,9,11-13,20H,8,10,14H2,1-2H3,(H,25,28)(H,26,27). The SMILES string of the molecule is Cc1cc(C)c2c(c1)C(NC(=O)COc1cccc(NC(=O)c3ccco3)c1)CCO2. The van der Waals surface area contributed by atoms with Crippen LogP contribution in [0.5, 0.6) is 11.5 Å². The molecule has 2 amide bonds. The predicted octanol–water partition coefficient (Wildman–Crippen LogP) is 4.17. The summed E-state index contributed by atoms with van der Waals surface area (Å²) in [4.78, 5) is 24.6. The minimum atomic E-state index is -0.358. The van der Waals surface area contributed by atoms with Gasteiger partial charge < -0.3 is 24.5 Å². The second-order valence-corrected chi connectivity index (χ2v) is 7.51. The van der Waals surface area contributed by atoms with Gasteiger partial charge in [0.05, 0.1) is 18.9 Å². The van der Waals surface area contributed by atoms with Gasteiger partial charge in [-0.2, -0.15) is 0 Å². The Balaban J connectivity index is 1.35. The molecule has 1 atom stereocenters. The number of furan rings is 1. The van der Waals surface area contributed by atoms with Crippen LogP contribution in [0.25, 0.3) is 0 Å². The van der Waals surface area contributed by atoms with Gasteiger partial charge >= 0.3 is 0 Å². The van der Waals surface area contributed by atoms with E-state index >= 15 is 0 Å². The van der Waals surface area contributed by atoms with Gasteiger partial charge in [0.15, 0.2) is 12.4 Å². The van der Waals surface area contributed by atoms with Crippen LogP contribution in [0.3, 0.4) is 0 Å². The van der Waals surface area contributed by atoms with Gasteiger partial charge in [-0.1, -0.05) is 23.8 Å². The summed E-state index contributed by atoms with van der Waals surface area (Å²) in [6.45, 7) is 4.46. The van der Waals surface area contributed by atoms with Crippen LogP contribution in [-0.4, -0.2) is 25.0 Å². The van der Waals surface area contributed by atoms with Gasteiger partial charge in [-0.3, -0.25) is 9.59 Å². The molecule has 2 aromatic carbocycles. The summed E-state index contributed by atoms with van der Waals surface area (Å²) in [6.07, 6.45) is 2.14. The maximum Gasteiger partial charge on any atom is 0.291 e. The van der Waals surface area contributed by atoms with Crippen LogP contribution in [0.15, 0.2) is 59.2 Å². The lowest BCUT2D eigenvalue weighted by Gasteiger charge is -2.28. The van der Waals surface area contributed by atoms with E-state index in [0.717, 1.165) is 22.4 Å². The molecular weight excluding hydrogens is 396 g/mol. The number of carbonyl (C=O) groups excluding carboxylic acids is 2. The Morgan fingerprint density at radius 3 is 2.81 bits per heavy atom. The van der Waals surface area contributed by atoms with E-state index in [4.69, 9.17) is 13.9 Å². The molecule has 0 fully saturated rings. The summed E-state index contributed by atoms with van der Waals surface area (Å²) in [6, 6.07) is 14.1. The second-order valence-electron chi connectivity index (χ2n) is 7.51. The number of amides is 2. The molecule has 1 aromatic heterocycles. The third-order valence-corrected chi connectivity index (χ3v) is 5.02. The molecule has 2 N–H and O–H groups in total. The summed E-state index contributed by atoms with van der Waals surface area (Å²) in [5, 5.41) is 5.77. The molecule has 0 radical (unpaired) electrons. The Kier molecular flexibility index (Phi) is 5.93. The molecule has 2 heterocycles. The van der Waals surface area contributed by atoms with E-state index < -0.39 is 0 Å². The van der Waals surface area contributed by atoms with E-state index in [1.807, 2.05) is 13.8 Å². The molecule has 1 aliphatic rings. The summed E-state index contributed by atoms with van der Waals surface area (Å²) in [7, 11) is 0. The summed E-state index contributed by atoms with van der Waals surface area (Å²) in [5.74, 6) is 0.966. The van der Waals surface area contributed by atoms with Crippen molar-refractivity contribution in [2.75, 3.05) is 18.5 Å². The number of anilines is 1. The van der Waals surface area contributed by atoms with Crippen molar-refractivity contribution in [3.8, 4) is 11.5 Å². The topological polar surface area (TPSA) is 89.8 Å². The Morgan fingerprint density at radius 2 is 2.00 bits per heavy atom. The third-order valence-electron chi connectivity index (χ3n) is 5.02. The molecule has 0 spiro atoms. The lowest BCUT2D eigenvalue weighted by atomic mass is 9.95. The Hall–Kier alpha value is -3.74. The highest BCUT2D eigenvalue weighted by atomic mass is 16.5. The lowest BCUT2D eigenvalue weighted by molar-refractivity contribution is -0.124. The zero-order valence-corrected chi connectivity index (χ0v) is 17.4. The van der Waals surface area contributed by atoms with Gasteiger partial charge in [0, 0.05) is 23.7 Å². The first-order valence-electron chi connectivity index (χ1n) is 10.1. The fourth-order valence-corrected chi connectivity index (χ4v) is 3.68. The number of aryl methyl sites for hydroxylation is 2. The number of carbonyl (C=O) groups is 2. The van der Waals surface area contributed by atoms with Gasteiger partial charge in [-0.05, 0) is 43.7 Å². The summed E-state index contributed by atoms with van der Waals surface area (Å²) in [5.41, 5.74) is 3.74. The van der Waals surface area contributed by atoms with Crippen LogP contribution in [0.2, 0.25) is 0 Å². The van der Waals surface area contributed by atoms with Crippen LogP contribution in [-0.2, 0) is 4.79 Å². The Morgan fingerprint density at radius 1 is 1.13 bits per heavy atom.